The first kappa shape index (κ1) is 24.1. The molecule has 7 heteroatoms. The maximum atomic E-state index is 12.6. The molecule has 174 valence electrons. The molecule has 1 fully saturated rings. The molecule has 0 aliphatic heterocycles. The van der Waals surface area contributed by atoms with Gasteiger partial charge < -0.3 is 20.5 Å². The molecule has 0 spiro atoms. The molecule has 0 radical (unpaired) electrons. The van der Waals surface area contributed by atoms with Crippen molar-refractivity contribution < 1.29 is 19.4 Å². The van der Waals surface area contributed by atoms with Gasteiger partial charge in [-0.05, 0) is 74.1 Å². The molecular formula is C26H31N3O4. The maximum absolute atomic E-state index is 12.6. The number of carbonyl (C=O) groups excluding carboxylic acids is 1. The number of benzene rings is 2. The van der Waals surface area contributed by atoms with Crippen LogP contribution in [0.5, 0.6) is 5.75 Å². The van der Waals surface area contributed by atoms with Crippen molar-refractivity contribution in [2.75, 3.05) is 11.9 Å². The molecule has 0 heterocycles. The number of nitriles is 1. The number of carboxylic acid groups (broad SMARTS) is 1. The van der Waals surface area contributed by atoms with Crippen molar-refractivity contribution in [3.8, 4) is 11.8 Å². The van der Waals surface area contributed by atoms with Gasteiger partial charge in [0.1, 0.15) is 5.75 Å². The van der Waals surface area contributed by atoms with Crippen molar-refractivity contribution in [3.63, 3.8) is 0 Å². The fourth-order valence-corrected chi connectivity index (χ4v) is 3.74. The van der Waals surface area contributed by atoms with Crippen LogP contribution < -0.4 is 15.4 Å². The fourth-order valence-electron chi connectivity index (χ4n) is 3.74. The quantitative estimate of drug-likeness (QED) is 0.475. The summed E-state index contributed by atoms with van der Waals surface area (Å²) in [6, 6.07) is 12.8. The minimum atomic E-state index is -1.52. The van der Waals surface area contributed by atoms with E-state index in [0.29, 0.717) is 29.0 Å². The van der Waals surface area contributed by atoms with Crippen LogP contribution in [0.4, 0.5) is 5.69 Å². The Morgan fingerprint density at radius 2 is 1.91 bits per heavy atom. The normalized spacial score (nSPS) is 14.6. The molecule has 0 aromatic heterocycles. The van der Waals surface area contributed by atoms with Gasteiger partial charge in [0.25, 0.3) is 5.91 Å². The standard InChI is InChI=1S/C26H31N3O4/c1-4-6-19-13-17(5-2)14-22(24(19)33-16-23(30)28-20-11-12-20)26(3,25(31)32)29-21-9-7-18(15-27)8-10-21/h7-10,13-14,20,29H,4-6,11-12,16H2,1-3H3,(H,28,30)(H,31,32). The average molecular weight is 450 g/mol. The molecule has 1 aliphatic carbocycles. The van der Waals surface area contributed by atoms with Crippen LogP contribution >= 0.6 is 0 Å². The van der Waals surface area contributed by atoms with Gasteiger partial charge in [0.05, 0.1) is 11.6 Å². The zero-order valence-corrected chi connectivity index (χ0v) is 19.4. The van der Waals surface area contributed by atoms with Gasteiger partial charge in [-0.15, -0.1) is 0 Å². The second-order valence-corrected chi connectivity index (χ2v) is 8.61. The summed E-state index contributed by atoms with van der Waals surface area (Å²) in [6.07, 6.45) is 4.25. The molecule has 0 saturated heterocycles. The molecular weight excluding hydrogens is 418 g/mol. The Morgan fingerprint density at radius 1 is 1.21 bits per heavy atom. The van der Waals surface area contributed by atoms with Crippen LogP contribution in [0.3, 0.4) is 0 Å². The zero-order valence-electron chi connectivity index (χ0n) is 19.4. The number of ether oxygens (including phenoxy) is 1. The molecule has 3 rings (SSSR count). The predicted molar refractivity (Wildman–Crippen MR) is 126 cm³/mol. The van der Waals surface area contributed by atoms with Crippen molar-refractivity contribution in [1.82, 2.24) is 5.32 Å². The third-order valence-electron chi connectivity index (χ3n) is 5.82. The third-order valence-corrected chi connectivity index (χ3v) is 5.82. The van der Waals surface area contributed by atoms with Crippen LogP contribution in [-0.4, -0.2) is 29.6 Å². The first-order valence-corrected chi connectivity index (χ1v) is 11.4. The van der Waals surface area contributed by atoms with E-state index in [2.05, 4.69) is 16.7 Å². The number of aryl methyl sites for hydroxylation is 2. The van der Waals surface area contributed by atoms with Gasteiger partial charge in [-0.3, -0.25) is 4.79 Å². The van der Waals surface area contributed by atoms with E-state index in [1.54, 1.807) is 31.2 Å². The number of amides is 1. The topological polar surface area (TPSA) is 111 Å². The van der Waals surface area contributed by atoms with E-state index < -0.39 is 11.5 Å². The summed E-state index contributed by atoms with van der Waals surface area (Å²) in [4.78, 5) is 24.9. The van der Waals surface area contributed by atoms with Gasteiger partial charge in [0, 0.05) is 17.3 Å². The lowest BCUT2D eigenvalue weighted by molar-refractivity contribution is -0.142. The number of anilines is 1. The van der Waals surface area contributed by atoms with E-state index in [4.69, 9.17) is 10.00 Å². The molecule has 1 unspecified atom stereocenters. The fraction of sp³-hybridized carbons (Fsp3) is 0.423. The highest BCUT2D eigenvalue weighted by Crippen LogP contribution is 2.38. The number of nitrogens with one attached hydrogen (secondary N) is 2. The molecule has 1 aliphatic rings. The molecule has 2 aromatic rings. The Morgan fingerprint density at radius 3 is 2.45 bits per heavy atom. The van der Waals surface area contributed by atoms with Crippen molar-refractivity contribution in [1.29, 1.82) is 5.26 Å². The Kier molecular flexibility index (Phi) is 7.59. The number of hydrogen-bond donors (Lipinski definition) is 3. The highest BCUT2D eigenvalue weighted by molar-refractivity contribution is 5.86. The first-order chi connectivity index (χ1) is 15.8. The number of carbonyl (C=O) groups is 2. The smallest absolute Gasteiger partial charge is 0.333 e. The van der Waals surface area contributed by atoms with E-state index in [0.717, 1.165) is 36.8 Å². The monoisotopic (exact) mass is 449 g/mol. The summed E-state index contributed by atoms with van der Waals surface area (Å²) in [7, 11) is 0. The predicted octanol–water partition coefficient (Wildman–Crippen LogP) is 4.14. The number of carboxylic acids is 1. The number of rotatable bonds is 11. The average Bonchev–Trinajstić information content (AvgIpc) is 3.62. The molecule has 33 heavy (non-hydrogen) atoms. The molecule has 3 N–H and O–H groups in total. The second kappa shape index (κ2) is 10.4. The molecule has 2 aromatic carbocycles. The summed E-state index contributed by atoms with van der Waals surface area (Å²) in [5.74, 6) is -0.844. The van der Waals surface area contributed by atoms with Gasteiger partial charge >= 0.3 is 5.97 Å². The summed E-state index contributed by atoms with van der Waals surface area (Å²) in [5, 5.41) is 25.4. The van der Waals surface area contributed by atoms with E-state index in [9.17, 15) is 14.7 Å². The summed E-state index contributed by atoms with van der Waals surface area (Å²) >= 11 is 0. The van der Waals surface area contributed by atoms with Crippen LogP contribution in [0.1, 0.15) is 62.3 Å². The summed E-state index contributed by atoms with van der Waals surface area (Å²) in [6.45, 7) is 5.49. The largest absolute Gasteiger partial charge is 0.483 e. The lowest BCUT2D eigenvalue weighted by Gasteiger charge is -2.31. The van der Waals surface area contributed by atoms with Crippen molar-refractivity contribution in [2.24, 2.45) is 0 Å². The van der Waals surface area contributed by atoms with Gasteiger partial charge in [-0.25, -0.2) is 4.79 Å². The third kappa shape index (κ3) is 5.83. The van der Waals surface area contributed by atoms with E-state index >= 15 is 0 Å². The van der Waals surface area contributed by atoms with E-state index in [-0.39, 0.29) is 18.6 Å². The second-order valence-electron chi connectivity index (χ2n) is 8.61. The van der Waals surface area contributed by atoms with Gasteiger partial charge in [-0.1, -0.05) is 26.3 Å². The molecule has 0 bridgehead atoms. The number of nitrogens with zero attached hydrogens (tertiary/aromatic N) is 1. The molecule has 1 atom stereocenters. The molecule has 1 saturated carbocycles. The van der Waals surface area contributed by atoms with Crippen LogP contribution in [0.25, 0.3) is 0 Å². The Bertz CT molecular complexity index is 1050. The molecule has 1 amide bonds. The number of aliphatic carboxylic acids is 1. The zero-order chi connectivity index (χ0) is 24.0. The van der Waals surface area contributed by atoms with Gasteiger partial charge in [0.15, 0.2) is 12.1 Å². The lowest BCUT2D eigenvalue weighted by Crippen LogP contribution is -2.41. The SMILES string of the molecule is CCCc1cc(CC)cc(C(C)(Nc2ccc(C#N)cc2)C(=O)O)c1OCC(=O)NC1CC1. The van der Waals surface area contributed by atoms with Gasteiger partial charge in [0.2, 0.25) is 0 Å². The minimum absolute atomic E-state index is 0.168. The van der Waals surface area contributed by atoms with Crippen LogP contribution in [0, 0.1) is 11.3 Å². The Hall–Kier alpha value is -3.53. The maximum Gasteiger partial charge on any atom is 0.333 e. The Labute approximate surface area is 194 Å². The first-order valence-electron chi connectivity index (χ1n) is 11.4. The van der Waals surface area contributed by atoms with Crippen LogP contribution in [0.15, 0.2) is 36.4 Å². The highest BCUT2D eigenvalue weighted by Gasteiger charge is 2.39. The number of hydrogen-bond acceptors (Lipinski definition) is 5. The minimum Gasteiger partial charge on any atom is -0.483 e. The van der Waals surface area contributed by atoms with Gasteiger partial charge in [-0.2, -0.15) is 5.26 Å². The van der Waals surface area contributed by atoms with Crippen LogP contribution in [-0.2, 0) is 28.0 Å². The van der Waals surface area contributed by atoms with E-state index in [1.165, 1.54) is 0 Å². The van der Waals surface area contributed by atoms with Crippen molar-refractivity contribution >= 4 is 17.6 Å². The van der Waals surface area contributed by atoms with Crippen LogP contribution in [0.2, 0.25) is 0 Å². The lowest BCUT2D eigenvalue weighted by atomic mass is 9.86. The Balaban J connectivity index is 2.03. The highest BCUT2D eigenvalue weighted by atomic mass is 16.5. The van der Waals surface area contributed by atoms with Crippen molar-refractivity contribution in [2.45, 2.75) is 64.5 Å². The van der Waals surface area contributed by atoms with E-state index in [1.807, 2.05) is 26.0 Å². The molecule has 7 nitrogen and oxygen atoms in total. The summed E-state index contributed by atoms with van der Waals surface area (Å²) < 4.78 is 6.02. The van der Waals surface area contributed by atoms with Crippen molar-refractivity contribution in [3.05, 3.63) is 58.7 Å². The summed E-state index contributed by atoms with van der Waals surface area (Å²) in [5.41, 5.74) is 1.89.